The van der Waals surface area contributed by atoms with Gasteiger partial charge in [0, 0.05) is 31.8 Å². The van der Waals surface area contributed by atoms with Crippen LogP contribution in [-0.2, 0) is 17.8 Å². The van der Waals surface area contributed by atoms with E-state index in [-0.39, 0.29) is 5.91 Å². The van der Waals surface area contributed by atoms with Crippen molar-refractivity contribution in [2.45, 2.75) is 32.7 Å². The molecule has 1 aromatic heterocycles. The molecule has 1 aromatic carbocycles. The summed E-state index contributed by atoms with van der Waals surface area (Å²) in [6.07, 6.45) is 5.94. The van der Waals surface area contributed by atoms with Gasteiger partial charge in [0.05, 0.1) is 11.3 Å². The second kappa shape index (κ2) is 7.25. The number of aromatic nitrogens is 2. The normalized spacial score (nSPS) is 10.1. The van der Waals surface area contributed by atoms with Gasteiger partial charge in [-0.2, -0.15) is 5.26 Å². The third-order valence-corrected chi connectivity index (χ3v) is 3.18. The maximum atomic E-state index is 12.0. The fraction of sp³-hybridized carbons (Fsp3) is 0.312. The minimum Gasteiger partial charge on any atom is -0.334 e. The predicted molar refractivity (Wildman–Crippen MR) is 80.6 cm³/mol. The molecule has 2 aromatic rings. The minimum atomic E-state index is -0.103. The number of amides is 1. The van der Waals surface area contributed by atoms with Crippen molar-refractivity contribution in [3.8, 4) is 6.07 Å². The van der Waals surface area contributed by atoms with Crippen LogP contribution in [0.25, 0.3) is 0 Å². The number of anilines is 1. The second-order valence-corrected chi connectivity index (χ2v) is 4.74. The van der Waals surface area contributed by atoms with Crippen LogP contribution in [0.15, 0.2) is 36.7 Å². The molecule has 5 nitrogen and oxygen atoms in total. The van der Waals surface area contributed by atoms with Gasteiger partial charge >= 0.3 is 0 Å². The Kier molecular flexibility index (Phi) is 5.10. The summed E-state index contributed by atoms with van der Waals surface area (Å²) in [5.74, 6) is 0.900. The van der Waals surface area contributed by atoms with Gasteiger partial charge in [-0.05, 0) is 18.6 Å². The summed E-state index contributed by atoms with van der Waals surface area (Å²) in [5, 5.41) is 11.8. The molecule has 2 rings (SSSR count). The smallest absolute Gasteiger partial charge is 0.226 e. The van der Waals surface area contributed by atoms with Gasteiger partial charge in [-0.15, -0.1) is 0 Å². The molecule has 0 spiro atoms. The van der Waals surface area contributed by atoms with Crippen molar-refractivity contribution >= 4 is 11.6 Å². The van der Waals surface area contributed by atoms with E-state index in [4.69, 9.17) is 5.26 Å². The molecule has 5 heteroatoms. The Balaban J connectivity index is 1.93. The van der Waals surface area contributed by atoms with Gasteiger partial charge in [0.2, 0.25) is 5.91 Å². The van der Waals surface area contributed by atoms with Crippen LogP contribution in [-0.4, -0.2) is 15.5 Å². The number of hydrogen-bond donors (Lipinski definition) is 1. The predicted octanol–water partition coefficient (Wildman–Crippen LogP) is 2.74. The van der Waals surface area contributed by atoms with Crippen LogP contribution in [0.2, 0.25) is 0 Å². The number of hydrogen-bond acceptors (Lipinski definition) is 3. The SMILES string of the molecule is CCCc1nccn1CCC(=O)Nc1ccccc1C#N. The zero-order chi connectivity index (χ0) is 15.1. The number of nitrogens with one attached hydrogen (secondary N) is 1. The van der Waals surface area contributed by atoms with E-state index in [0.29, 0.717) is 24.2 Å². The number of para-hydroxylation sites is 1. The molecule has 1 amide bonds. The quantitative estimate of drug-likeness (QED) is 0.885. The first kappa shape index (κ1) is 14.8. The number of benzene rings is 1. The largest absolute Gasteiger partial charge is 0.334 e. The highest BCUT2D eigenvalue weighted by Gasteiger charge is 2.08. The van der Waals surface area contributed by atoms with E-state index in [1.54, 1.807) is 30.5 Å². The van der Waals surface area contributed by atoms with Crippen LogP contribution < -0.4 is 5.32 Å². The average Bonchev–Trinajstić information content (AvgIpc) is 2.93. The lowest BCUT2D eigenvalue weighted by Gasteiger charge is -2.09. The van der Waals surface area contributed by atoms with Crippen LogP contribution in [0.1, 0.15) is 31.2 Å². The molecular weight excluding hydrogens is 264 g/mol. The Bertz CT molecular complexity index is 654. The molecule has 0 saturated heterocycles. The van der Waals surface area contributed by atoms with Crippen molar-refractivity contribution in [2.75, 3.05) is 5.32 Å². The summed E-state index contributed by atoms with van der Waals surface area (Å²) in [6, 6.07) is 9.06. The van der Waals surface area contributed by atoms with Gasteiger partial charge in [0.25, 0.3) is 0 Å². The van der Waals surface area contributed by atoms with Crippen LogP contribution in [0.3, 0.4) is 0 Å². The average molecular weight is 282 g/mol. The Morgan fingerprint density at radius 2 is 2.24 bits per heavy atom. The van der Waals surface area contributed by atoms with Gasteiger partial charge in [-0.25, -0.2) is 4.98 Å². The van der Waals surface area contributed by atoms with Crippen molar-refractivity contribution in [1.29, 1.82) is 5.26 Å². The van der Waals surface area contributed by atoms with Crippen LogP contribution >= 0.6 is 0 Å². The molecule has 1 heterocycles. The van der Waals surface area contributed by atoms with Gasteiger partial charge in [0.1, 0.15) is 11.9 Å². The van der Waals surface area contributed by atoms with Gasteiger partial charge in [-0.1, -0.05) is 19.1 Å². The van der Waals surface area contributed by atoms with E-state index in [0.717, 1.165) is 18.7 Å². The molecule has 21 heavy (non-hydrogen) atoms. The molecule has 0 aliphatic rings. The molecule has 0 atom stereocenters. The summed E-state index contributed by atoms with van der Waals surface area (Å²) >= 11 is 0. The number of carbonyl (C=O) groups is 1. The summed E-state index contributed by atoms with van der Waals surface area (Å²) in [7, 11) is 0. The van der Waals surface area contributed by atoms with Crippen molar-refractivity contribution in [3.63, 3.8) is 0 Å². The Labute approximate surface area is 124 Å². The fourth-order valence-corrected chi connectivity index (χ4v) is 2.12. The molecular formula is C16H18N4O. The number of aryl methyl sites for hydroxylation is 2. The van der Waals surface area contributed by atoms with Crippen molar-refractivity contribution in [3.05, 3.63) is 48.0 Å². The van der Waals surface area contributed by atoms with Crippen LogP contribution in [0.5, 0.6) is 0 Å². The first-order valence-electron chi connectivity index (χ1n) is 7.03. The number of nitrogens with zero attached hydrogens (tertiary/aromatic N) is 3. The second-order valence-electron chi connectivity index (χ2n) is 4.74. The lowest BCUT2D eigenvalue weighted by Crippen LogP contribution is -2.16. The number of rotatable bonds is 6. The van der Waals surface area contributed by atoms with Crippen molar-refractivity contribution in [1.82, 2.24) is 9.55 Å². The summed E-state index contributed by atoms with van der Waals surface area (Å²) in [6.45, 7) is 2.69. The van der Waals surface area contributed by atoms with Gasteiger partial charge in [0.15, 0.2) is 0 Å². The summed E-state index contributed by atoms with van der Waals surface area (Å²) < 4.78 is 2.00. The van der Waals surface area contributed by atoms with E-state index in [9.17, 15) is 4.79 Å². The van der Waals surface area contributed by atoms with Crippen molar-refractivity contribution in [2.24, 2.45) is 0 Å². The van der Waals surface area contributed by atoms with Crippen molar-refractivity contribution < 1.29 is 4.79 Å². The number of nitriles is 1. The summed E-state index contributed by atoms with van der Waals surface area (Å²) in [5.41, 5.74) is 1.03. The molecule has 0 bridgehead atoms. The highest BCUT2D eigenvalue weighted by Crippen LogP contribution is 2.14. The fourth-order valence-electron chi connectivity index (χ4n) is 2.12. The molecule has 0 aliphatic heterocycles. The van der Waals surface area contributed by atoms with E-state index in [1.807, 2.05) is 10.8 Å². The zero-order valence-corrected chi connectivity index (χ0v) is 12.0. The lowest BCUT2D eigenvalue weighted by atomic mass is 10.2. The van der Waals surface area contributed by atoms with E-state index in [2.05, 4.69) is 23.3 Å². The van der Waals surface area contributed by atoms with E-state index < -0.39 is 0 Å². The zero-order valence-electron chi connectivity index (χ0n) is 12.0. The molecule has 0 fully saturated rings. The third kappa shape index (κ3) is 3.93. The first-order chi connectivity index (χ1) is 10.2. The van der Waals surface area contributed by atoms with Crippen LogP contribution in [0, 0.1) is 11.3 Å². The summed E-state index contributed by atoms with van der Waals surface area (Å²) in [4.78, 5) is 16.3. The lowest BCUT2D eigenvalue weighted by molar-refractivity contribution is -0.116. The van der Waals surface area contributed by atoms with Gasteiger partial charge < -0.3 is 9.88 Å². The number of carbonyl (C=O) groups excluding carboxylic acids is 1. The van der Waals surface area contributed by atoms with E-state index >= 15 is 0 Å². The topological polar surface area (TPSA) is 70.7 Å². The molecule has 1 N–H and O–H groups in total. The minimum absolute atomic E-state index is 0.103. The highest BCUT2D eigenvalue weighted by atomic mass is 16.1. The molecule has 0 aliphatic carbocycles. The van der Waals surface area contributed by atoms with E-state index in [1.165, 1.54) is 0 Å². The maximum absolute atomic E-state index is 12.0. The third-order valence-electron chi connectivity index (χ3n) is 3.18. The maximum Gasteiger partial charge on any atom is 0.226 e. The Morgan fingerprint density at radius 1 is 1.43 bits per heavy atom. The van der Waals surface area contributed by atoms with Crippen LogP contribution in [0.4, 0.5) is 5.69 Å². The highest BCUT2D eigenvalue weighted by molar-refractivity contribution is 5.92. The Hall–Kier alpha value is -2.61. The molecule has 108 valence electrons. The standard InChI is InChI=1S/C16H18N4O/c1-2-5-15-18-9-11-20(15)10-8-16(21)19-14-7-4-3-6-13(14)12-17/h3-4,6-7,9,11H,2,5,8,10H2,1H3,(H,19,21). The number of imidazole rings is 1. The Morgan fingerprint density at radius 3 is 3.00 bits per heavy atom. The van der Waals surface area contributed by atoms with Gasteiger partial charge in [-0.3, -0.25) is 4.79 Å². The monoisotopic (exact) mass is 282 g/mol. The first-order valence-corrected chi connectivity index (χ1v) is 7.03. The molecule has 0 saturated carbocycles. The molecule has 0 unspecified atom stereocenters. The molecule has 0 radical (unpaired) electrons.